The van der Waals surface area contributed by atoms with Gasteiger partial charge in [-0.25, -0.2) is 4.39 Å². The van der Waals surface area contributed by atoms with Gasteiger partial charge in [-0.15, -0.1) is 24.0 Å². The number of nitrogens with one attached hydrogen (secondary N) is 2. The Labute approximate surface area is 183 Å². The maximum Gasteiger partial charge on any atom is 0.191 e. The van der Waals surface area contributed by atoms with Crippen molar-refractivity contribution in [3.05, 3.63) is 30.1 Å². The first-order chi connectivity index (χ1) is 13.0. The molecule has 1 atom stereocenters. The summed E-state index contributed by atoms with van der Waals surface area (Å²) in [7, 11) is 0. The molecule has 0 radical (unpaired) electrons. The molecule has 1 aromatic rings. The summed E-state index contributed by atoms with van der Waals surface area (Å²) in [4.78, 5) is 6.67. The molecule has 160 valence electrons. The number of halogens is 2. The highest BCUT2D eigenvalue weighted by atomic mass is 127. The van der Waals surface area contributed by atoms with Gasteiger partial charge in [-0.05, 0) is 26.0 Å². The number of benzene rings is 1. The van der Waals surface area contributed by atoms with Gasteiger partial charge in [0.1, 0.15) is 18.2 Å². The minimum absolute atomic E-state index is 0. The predicted molar refractivity (Wildman–Crippen MR) is 119 cm³/mol. The smallest absolute Gasteiger partial charge is 0.191 e. The summed E-state index contributed by atoms with van der Waals surface area (Å²) in [6.45, 7) is 9.27. The molecule has 1 fully saturated rings. The Hall–Kier alpha value is -1.17. The second-order valence-electron chi connectivity index (χ2n) is 6.81. The fourth-order valence-corrected chi connectivity index (χ4v) is 2.78. The van der Waals surface area contributed by atoms with Gasteiger partial charge >= 0.3 is 0 Å². The molecule has 1 aliphatic rings. The highest BCUT2D eigenvalue weighted by Crippen LogP contribution is 2.11. The standard InChI is InChI=1S/C19H31FN4O3.HI/c1-3-21-18(22-7-10-27-17-6-4-5-16(20)13-17)23-14-19(2,25)15-24-8-11-26-12-9-24;/h4-6,13,25H,3,7-12,14-15H2,1-2H3,(H2,21,22,23);1H. The molecule has 0 bridgehead atoms. The van der Waals surface area contributed by atoms with Crippen molar-refractivity contribution in [1.29, 1.82) is 0 Å². The van der Waals surface area contributed by atoms with Crippen LogP contribution in [0.25, 0.3) is 0 Å². The van der Waals surface area contributed by atoms with Crippen LogP contribution in [0.5, 0.6) is 5.75 Å². The third-order valence-electron chi connectivity index (χ3n) is 4.05. The van der Waals surface area contributed by atoms with E-state index in [9.17, 15) is 9.50 Å². The van der Waals surface area contributed by atoms with Crippen molar-refractivity contribution in [2.45, 2.75) is 19.4 Å². The predicted octanol–water partition coefficient (Wildman–Crippen LogP) is 1.46. The molecule has 0 aliphatic carbocycles. The largest absolute Gasteiger partial charge is 0.492 e. The third kappa shape index (κ3) is 9.85. The first kappa shape index (κ1) is 24.9. The van der Waals surface area contributed by atoms with Gasteiger partial charge in [0.25, 0.3) is 0 Å². The Kier molecular flexibility index (Phi) is 11.7. The lowest BCUT2D eigenvalue weighted by Crippen LogP contribution is -2.48. The van der Waals surface area contributed by atoms with Crippen LogP contribution in [-0.4, -0.2) is 80.7 Å². The molecule has 28 heavy (non-hydrogen) atoms. The van der Waals surface area contributed by atoms with Gasteiger partial charge in [0.15, 0.2) is 5.96 Å². The second kappa shape index (κ2) is 13.1. The van der Waals surface area contributed by atoms with Crippen LogP contribution in [0.2, 0.25) is 0 Å². The summed E-state index contributed by atoms with van der Waals surface area (Å²) in [5.74, 6) is 0.785. The van der Waals surface area contributed by atoms with Gasteiger partial charge in [-0.2, -0.15) is 0 Å². The highest BCUT2D eigenvalue weighted by molar-refractivity contribution is 14.0. The summed E-state index contributed by atoms with van der Waals surface area (Å²) in [5.41, 5.74) is -0.919. The first-order valence-corrected chi connectivity index (χ1v) is 9.41. The first-order valence-electron chi connectivity index (χ1n) is 9.41. The number of hydrogen-bond acceptors (Lipinski definition) is 5. The molecule has 0 spiro atoms. The number of morpholine rings is 1. The number of guanidine groups is 1. The zero-order chi connectivity index (χ0) is 19.5. The summed E-state index contributed by atoms with van der Waals surface area (Å²) in [6, 6.07) is 6.05. The van der Waals surface area contributed by atoms with Crippen LogP contribution in [0.1, 0.15) is 13.8 Å². The van der Waals surface area contributed by atoms with E-state index in [1.165, 1.54) is 12.1 Å². The van der Waals surface area contributed by atoms with Gasteiger partial charge in [-0.3, -0.25) is 9.89 Å². The zero-order valence-corrected chi connectivity index (χ0v) is 18.9. The minimum Gasteiger partial charge on any atom is -0.492 e. The fraction of sp³-hybridized carbons (Fsp3) is 0.632. The van der Waals surface area contributed by atoms with Crippen molar-refractivity contribution in [3.8, 4) is 5.75 Å². The summed E-state index contributed by atoms with van der Waals surface area (Å²) in [5, 5.41) is 16.9. The normalized spacial score (nSPS) is 17.4. The topological polar surface area (TPSA) is 78.4 Å². The van der Waals surface area contributed by atoms with Crippen molar-refractivity contribution in [2.75, 3.05) is 59.1 Å². The molecule has 1 heterocycles. The van der Waals surface area contributed by atoms with Crippen molar-refractivity contribution < 1.29 is 19.0 Å². The second-order valence-corrected chi connectivity index (χ2v) is 6.81. The Bertz CT molecular complexity index is 598. The lowest BCUT2D eigenvalue weighted by Gasteiger charge is -2.33. The Morgan fingerprint density at radius 1 is 1.36 bits per heavy atom. The average Bonchev–Trinajstić information content (AvgIpc) is 2.64. The zero-order valence-electron chi connectivity index (χ0n) is 16.6. The number of β-amino-alcohol motifs (C(OH)–C–C–N with tert-alkyl or cyclic N) is 1. The maximum atomic E-state index is 13.1. The third-order valence-corrected chi connectivity index (χ3v) is 4.05. The van der Waals surface area contributed by atoms with E-state index in [0.29, 0.717) is 51.2 Å². The molecule has 1 aromatic carbocycles. The van der Waals surface area contributed by atoms with Crippen LogP contribution >= 0.6 is 24.0 Å². The summed E-state index contributed by atoms with van der Waals surface area (Å²) in [6.07, 6.45) is 0. The lowest BCUT2D eigenvalue weighted by atomic mass is 10.1. The maximum absolute atomic E-state index is 13.1. The molecule has 1 aliphatic heterocycles. The van der Waals surface area contributed by atoms with Gasteiger partial charge in [0.2, 0.25) is 0 Å². The van der Waals surface area contributed by atoms with E-state index in [2.05, 4.69) is 20.5 Å². The van der Waals surface area contributed by atoms with Crippen LogP contribution in [0.4, 0.5) is 4.39 Å². The lowest BCUT2D eigenvalue weighted by molar-refractivity contribution is -0.0179. The fourth-order valence-electron chi connectivity index (χ4n) is 2.78. The van der Waals surface area contributed by atoms with Crippen LogP contribution in [0.15, 0.2) is 29.3 Å². The van der Waals surface area contributed by atoms with Gasteiger partial charge in [0.05, 0.1) is 31.9 Å². The molecule has 2 rings (SSSR count). The van der Waals surface area contributed by atoms with Crippen LogP contribution in [-0.2, 0) is 4.74 Å². The van der Waals surface area contributed by atoms with Crippen LogP contribution in [0.3, 0.4) is 0 Å². The average molecular weight is 510 g/mol. The molecule has 0 saturated carbocycles. The van der Waals surface area contributed by atoms with E-state index >= 15 is 0 Å². The molecule has 0 amide bonds. The quantitative estimate of drug-likeness (QED) is 0.202. The number of hydrogen-bond donors (Lipinski definition) is 3. The van der Waals surface area contributed by atoms with E-state index in [1.807, 2.05) is 6.92 Å². The Balaban J connectivity index is 0.00000392. The molecule has 3 N–H and O–H groups in total. The van der Waals surface area contributed by atoms with E-state index in [0.717, 1.165) is 13.1 Å². The molecule has 1 saturated heterocycles. The SMILES string of the molecule is CCNC(=NCC(C)(O)CN1CCOCC1)NCCOc1cccc(F)c1.I. The van der Waals surface area contributed by atoms with Crippen LogP contribution < -0.4 is 15.4 Å². The van der Waals surface area contributed by atoms with E-state index in [-0.39, 0.29) is 36.3 Å². The summed E-state index contributed by atoms with van der Waals surface area (Å²) >= 11 is 0. The number of aliphatic imine (C=N–C) groups is 1. The van der Waals surface area contributed by atoms with Crippen molar-refractivity contribution in [2.24, 2.45) is 4.99 Å². The van der Waals surface area contributed by atoms with Crippen molar-refractivity contribution >= 4 is 29.9 Å². The number of ether oxygens (including phenoxy) is 2. The summed E-state index contributed by atoms with van der Waals surface area (Å²) < 4.78 is 24.0. The molecule has 1 unspecified atom stereocenters. The van der Waals surface area contributed by atoms with Crippen molar-refractivity contribution in [3.63, 3.8) is 0 Å². The Morgan fingerprint density at radius 2 is 2.11 bits per heavy atom. The van der Waals surface area contributed by atoms with E-state index < -0.39 is 5.60 Å². The number of aliphatic hydroxyl groups is 1. The number of nitrogens with zero attached hydrogens (tertiary/aromatic N) is 2. The van der Waals surface area contributed by atoms with Gasteiger partial charge < -0.3 is 25.2 Å². The molecule has 0 aromatic heterocycles. The van der Waals surface area contributed by atoms with E-state index in [1.54, 1.807) is 19.1 Å². The van der Waals surface area contributed by atoms with Crippen LogP contribution in [0, 0.1) is 5.82 Å². The molecule has 7 nitrogen and oxygen atoms in total. The van der Waals surface area contributed by atoms with Gasteiger partial charge in [-0.1, -0.05) is 6.07 Å². The highest BCUT2D eigenvalue weighted by Gasteiger charge is 2.25. The van der Waals surface area contributed by atoms with Gasteiger partial charge in [0, 0.05) is 32.2 Å². The minimum atomic E-state index is -0.919. The Morgan fingerprint density at radius 3 is 2.79 bits per heavy atom. The molecule has 9 heteroatoms. The number of rotatable bonds is 9. The monoisotopic (exact) mass is 510 g/mol. The molecular formula is C19H32FIN4O3. The van der Waals surface area contributed by atoms with Crippen molar-refractivity contribution in [1.82, 2.24) is 15.5 Å². The molecular weight excluding hydrogens is 478 g/mol. The van der Waals surface area contributed by atoms with E-state index in [4.69, 9.17) is 9.47 Å².